The van der Waals surface area contributed by atoms with Crippen LogP contribution in [0.4, 0.5) is 4.39 Å². The van der Waals surface area contributed by atoms with Gasteiger partial charge in [0.15, 0.2) is 0 Å². The number of nitrogens with zero attached hydrogens (tertiary/aromatic N) is 2. The first-order valence-corrected chi connectivity index (χ1v) is 12.7. The van der Waals surface area contributed by atoms with Gasteiger partial charge in [0.1, 0.15) is 18.2 Å². The van der Waals surface area contributed by atoms with Gasteiger partial charge in [-0.3, -0.25) is 9.78 Å². The van der Waals surface area contributed by atoms with Gasteiger partial charge in [0, 0.05) is 23.0 Å². The van der Waals surface area contributed by atoms with E-state index < -0.39 is 11.8 Å². The van der Waals surface area contributed by atoms with Crippen LogP contribution in [0.2, 0.25) is 5.02 Å². The van der Waals surface area contributed by atoms with E-state index in [0.29, 0.717) is 28.1 Å². The molecule has 2 aromatic carbocycles. The fourth-order valence-electron chi connectivity index (χ4n) is 4.29. The van der Waals surface area contributed by atoms with Crippen molar-refractivity contribution in [1.82, 2.24) is 9.97 Å². The topological polar surface area (TPSA) is 72.3 Å². The Balaban J connectivity index is 1.40. The minimum atomic E-state index is -0.804. The molecule has 35 heavy (non-hydrogen) atoms. The second-order valence-electron chi connectivity index (χ2n) is 8.34. The molecule has 1 atom stereocenters. The van der Waals surface area contributed by atoms with Crippen LogP contribution in [0, 0.1) is 5.82 Å². The maximum absolute atomic E-state index is 13.7. The molecule has 0 saturated carbocycles. The fraction of sp³-hybridized carbons (Fsp3) is 0.222. The van der Waals surface area contributed by atoms with Gasteiger partial charge in [0.25, 0.3) is 0 Å². The molecule has 178 valence electrons. The lowest BCUT2D eigenvalue weighted by Crippen LogP contribution is -2.05. The number of aromatic nitrogens is 2. The highest BCUT2D eigenvalue weighted by Crippen LogP contribution is 2.42. The average molecular weight is 509 g/mol. The Morgan fingerprint density at radius 2 is 2.03 bits per heavy atom. The number of aryl methyl sites for hydroxylation is 2. The molecule has 5 rings (SSSR count). The van der Waals surface area contributed by atoms with E-state index in [1.165, 1.54) is 17.7 Å². The number of fused-ring (bicyclic) bond motifs is 3. The highest BCUT2D eigenvalue weighted by molar-refractivity contribution is 7.99. The molecule has 4 aromatic rings. The molecule has 0 unspecified atom stereocenters. The van der Waals surface area contributed by atoms with E-state index in [-0.39, 0.29) is 23.3 Å². The van der Waals surface area contributed by atoms with E-state index in [1.54, 1.807) is 24.0 Å². The van der Waals surface area contributed by atoms with Gasteiger partial charge in [-0.2, -0.15) is 0 Å². The van der Waals surface area contributed by atoms with Crippen molar-refractivity contribution in [1.29, 1.82) is 0 Å². The molecule has 2 aromatic heterocycles. The van der Waals surface area contributed by atoms with Gasteiger partial charge in [0.2, 0.25) is 0 Å². The number of carboxylic acids is 1. The van der Waals surface area contributed by atoms with E-state index in [9.17, 15) is 9.18 Å². The third-order valence-corrected chi connectivity index (χ3v) is 7.59. The molecule has 0 spiro atoms. The van der Waals surface area contributed by atoms with Crippen LogP contribution >= 0.6 is 23.4 Å². The molecule has 1 aliphatic carbocycles. The number of pyridine rings is 2. The third kappa shape index (κ3) is 5.26. The van der Waals surface area contributed by atoms with Crippen LogP contribution in [0.15, 0.2) is 60.8 Å². The summed E-state index contributed by atoms with van der Waals surface area (Å²) in [7, 11) is 0. The van der Waals surface area contributed by atoms with Crippen LogP contribution in [-0.2, 0) is 24.2 Å². The molecule has 8 heteroatoms. The predicted molar refractivity (Wildman–Crippen MR) is 136 cm³/mol. The van der Waals surface area contributed by atoms with Crippen molar-refractivity contribution < 1.29 is 19.0 Å². The largest absolute Gasteiger partial charge is 0.487 e. The summed E-state index contributed by atoms with van der Waals surface area (Å²) in [6, 6.07) is 16.6. The molecule has 0 aliphatic heterocycles. The Bertz CT molecular complexity index is 1410. The van der Waals surface area contributed by atoms with Crippen molar-refractivity contribution in [2.24, 2.45) is 0 Å². The molecule has 0 amide bonds. The summed E-state index contributed by atoms with van der Waals surface area (Å²) in [6.45, 7) is 0.249. The third-order valence-electron chi connectivity index (χ3n) is 6.01. The standard InChI is InChI=1S/C27H22ClFN2O3S/c28-22-14-25-17(12-23(22)29)3-6-18(31-25)15-34-19-7-4-16-5-8-24-20(2-1-10-30-24)27(21(16)13-19)35-11-9-26(32)33/h1-4,6-7,10,12-14,27H,5,8-9,11,15H2,(H,32,33)/t27-/m1/s1. The normalized spacial score (nSPS) is 14.7. The molecule has 0 radical (unpaired) electrons. The summed E-state index contributed by atoms with van der Waals surface area (Å²) in [6.07, 6.45) is 3.60. The van der Waals surface area contributed by atoms with Gasteiger partial charge in [-0.1, -0.05) is 29.8 Å². The number of carboxylic acid groups (broad SMARTS) is 1. The number of hydrogen-bond donors (Lipinski definition) is 1. The summed E-state index contributed by atoms with van der Waals surface area (Å²) in [4.78, 5) is 20.3. The van der Waals surface area contributed by atoms with E-state index >= 15 is 0 Å². The lowest BCUT2D eigenvalue weighted by Gasteiger charge is -2.20. The quantitative estimate of drug-likeness (QED) is 0.311. The van der Waals surface area contributed by atoms with Crippen molar-refractivity contribution in [3.8, 4) is 5.75 Å². The highest BCUT2D eigenvalue weighted by Gasteiger charge is 2.25. The number of carbonyl (C=O) groups is 1. The lowest BCUT2D eigenvalue weighted by atomic mass is 10.0. The summed E-state index contributed by atoms with van der Waals surface area (Å²) in [5, 5.41) is 9.82. The molecule has 0 bridgehead atoms. The van der Waals surface area contributed by atoms with Crippen LogP contribution in [0.1, 0.15) is 39.7 Å². The molecule has 0 saturated heterocycles. The number of aliphatic carboxylic acids is 1. The molecule has 1 N–H and O–H groups in total. The Morgan fingerprint density at radius 1 is 1.14 bits per heavy atom. The van der Waals surface area contributed by atoms with Crippen LogP contribution in [0.3, 0.4) is 0 Å². The number of rotatable bonds is 7. The summed E-state index contributed by atoms with van der Waals surface area (Å²) in [5.41, 5.74) is 5.83. The average Bonchev–Trinajstić information content (AvgIpc) is 3.00. The first kappa shape index (κ1) is 23.6. The zero-order valence-electron chi connectivity index (χ0n) is 18.7. The number of benzene rings is 2. The van der Waals surface area contributed by atoms with Crippen molar-refractivity contribution in [3.63, 3.8) is 0 Å². The molecular weight excluding hydrogens is 487 g/mol. The molecular formula is C27H22ClFN2O3S. The van der Waals surface area contributed by atoms with Crippen LogP contribution in [0.25, 0.3) is 10.9 Å². The van der Waals surface area contributed by atoms with Gasteiger partial charge in [-0.05, 0) is 65.9 Å². The van der Waals surface area contributed by atoms with Gasteiger partial charge in [0.05, 0.1) is 27.9 Å². The first-order valence-electron chi connectivity index (χ1n) is 11.3. The van der Waals surface area contributed by atoms with Gasteiger partial charge in [-0.25, -0.2) is 9.37 Å². The van der Waals surface area contributed by atoms with Gasteiger partial charge < -0.3 is 9.84 Å². The Labute approximate surface area is 211 Å². The summed E-state index contributed by atoms with van der Waals surface area (Å²) in [5.74, 6) is -0.0635. The zero-order chi connectivity index (χ0) is 24.4. The van der Waals surface area contributed by atoms with Crippen molar-refractivity contribution in [2.45, 2.75) is 31.1 Å². The highest BCUT2D eigenvalue weighted by atomic mass is 35.5. The van der Waals surface area contributed by atoms with Crippen molar-refractivity contribution >= 4 is 40.2 Å². The molecule has 5 nitrogen and oxygen atoms in total. The molecule has 1 aliphatic rings. The second kappa shape index (κ2) is 10.2. The number of ether oxygens (including phenoxy) is 1. The van der Waals surface area contributed by atoms with E-state index in [0.717, 1.165) is 29.7 Å². The number of thioether (sulfide) groups is 1. The van der Waals surface area contributed by atoms with Crippen molar-refractivity contribution in [2.75, 3.05) is 5.75 Å². The second-order valence-corrected chi connectivity index (χ2v) is 9.96. The summed E-state index contributed by atoms with van der Waals surface area (Å²) >= 11 is 7.53. The molecule has 2 heterocycles. The van der Waals surface area contributed by atoms with Gasteiger partial charge >= 0.3 is 5.97 Å². The Hall–Kier alpha value is -3.16. The number of halogens is 2. The minimum absolute atomic E-state index is 0.0186. The predicted octanol–water partition coefficient (Wildman–Crippen LogP) is 6.40. The summed E-state index contributed by atoms with van der Waals surface area (Å²) < 4.78 is 19.8. The minimum Gasteiger partial charge on any atom is -0.487 e. The maximum atomic E-state index is 13.7. The SMILES string of the molecule is O=C(O)CCS[C@H]1c2cc(OCc3ccc4cc(F)c(Cl)cc4n3)ccc2CCc2ncccc21. The Morgan fingerprint density at radius 3 is 2.89 bits per heavy atom. The Kier molecular flexibility index (Phi) is 6.88. The molecule has 0 fully saturated rings. The number of hydrogen-bond acceptors (Lipinski definition) is 5. The van der Waals surface area contributed by atoms with Gasteiger partial charge in [-0.15, -0.1) is 11.8 Å². The van der Waals surface area contributed by atoms with Crippen LogP contribution < -0.4 is 4.74 Å². The maximum Gasteiger partial charge on any atom is 0.304 e. The smallest absolute Gasteiger partial charge is 0.304 e. The van der Waals surface area contributed by atoms with Crippen LogP contribution in [0.5, 0.6) is 5.75 Å². The fourth-order valence-corrected chi connectivity index (χ4v) is 5.77. The lowest BCUT2D eigenvalue weighted by molar-refractivity contribution is -0.136. The van der Waals surface area contributed by atoms with Crippen molar-refractivity contribution in [3.05, 3.63) is 99.7 Å². The van der Waals surface area contributed by atoms with E-state index in [1.807, 2.05) is 24.3 Å². The first-order chi connectivity index (χ1) is 17.0. The van der Waals surface area contributed by atoms with E-state index in [4.69, 9.17) is 21.4 Å². The monoisotopic (exact) mass is 508 g/mol. The van der Waals surface area contributed by atoms with E-state index in [2.05, 4.69) is 22.1 Å². The van der Waals surface area contributed by atoms with Crippen LogP contribution in [-0.4, -0.2) is 26.8 Å². The zero-order valence-corrected chi connectivity index (χ0v) is 20.3.